The van der Waals surface area contributed by atoms with Gasteiger partial charge in [-0.25, -0.2) is 8.42 Å². The number of ether oxygens (including phenoxy) is 1. The average molecular weight is 437 g/mol. The number of benzene rings is 3. The third-order valence-corrected chi connectivity index (χ3v) is 7.03. The number of amides is 1. The van der Waals surface area contributed by atoms with E-state index in [1.165, 1.54) is 16.4 Å². The van der Waals surface area contributed by atoms with E-state index in [9.17, 15) is 13.2 Å². The number of aryl methyl sites for hydroxylation is 1. The zero-order chi connectivity index (χ0) is 21.8. The first-order valence-electron chi connectivity index (χ1n) is 10.2. The summed E-state index contributed by atoms with van der Waals surface area (Å²) in [6.07, 6.45) is 0.954. The van der Waals surface area contributed by atoms with Crippen LogP contribution in [0.15, 0.2) is 83.8 Å². The van der Waals surface area contributed by atoms with Crippen molar-refractivity contribution in [3.63, 3.8) is 0 Å². The molecule has 0 fully saturated rings. The van der Waals surface area contributed by atoms with Gasteiger partial charge < -0.3 is 10.1 Å². The van der Waals surface area contributed by atoms with Crippen molar-refractivity contribution < 1.29 is 17.9 Å². The van der Waals surface area contributed by atoms with Crippen LogP contribution >= 0.6 is 0 Å². The van der Waals surface area contributed by atoms with Gasteiger partial charge in [0.1, 0.15) is 5.75 Å². The van der Waals surface area contributed by atoms with Gasteiger partial charge in [0.2, 0.25) is 0 Å². The summed E-state index contributed by atoms with van der Waals surface area (Å²) in [5, 5.41) is 2.76. The normalized spacial score (nSPS) is 14.4. The van der Waals surface area contributed by atoms with E-state index in [2.05, 4.69) is 5.32 Å². The monoisotopic (exact) mass is 436 g/mol. The minimum atomic E-state index is -3.68. The third kappa shape index (κ3) is 4.56. The highest BCUT2D eigenvalue weighted by Gasteiger charge is 2.28. The maximum Gasteiger partial charge on any atom is 0.265 e. The van der Waals surface area contributed by atoms with Crippen molar-refractivity contribution in [3.8, 4) is 5.75 Å². The third-order valence-electron chi connectivity index (χ3n) is 5.20. The Balaban J connectivity index is 1.46. The zero-order valence-corrected chi connectivity index (χ0v) is 18.0. The second-order valence-electron chi connectivity index (χ2n) is 7.40. The first-order valence-corrected chi connectivity index (χ1v) is 11.6. The Morgan fingerprint density at radius 3 is 2.39 bits per heavy atom. The molecule has 0 spiro atoms. The van der Waals surface area contributed by atoms with E-state index < -0.39 is 16.1 Å². The number of sulfonamides is 1. The molecule has 1 aliphatic rings. The van der Waals surface area contributed by atoms with Gasteiger partial charge in [0.05, 0.1) is 10.6 Å². The van der Waals surface area contributed by atoms with Crippen molar-refractivity contribution in [2.45, 2.75) is 30.8 Å². The van der Waals surface area contributed by atoms with Crippen LogP contribution in [0.1, 0.15) is 18.9 Å². The van der Waals surface area contributed by atoms with Gasteiger partial charge in [-0.05, 0) is 67.8 Å². The maximum atomic E-state index is 13.2. The van der Waals surface area contributed by atoms with E-state index >= 15 is 0 Å². The lowest BCUT2D eigenvalue weighted by Crippen LogP contribution is -2.35. The molecule has 1 N–H and O–H groups in total. The van der Waals surface area contributed by atoms with Gasteiger partial charge in [0, 0.05) is 12.2 Å². The van der Waals surface area contributed by atoms with Gasteiger partial charge in [0.15, 0.2) is 6.10 Å². The lowest BCUT2D eigenvalue weighted by Gasteiger charge is -2.30. The molecule has 31 heavy (non-hydrogen) atoms. The predicted molar refractivity (Wildman–Crippen MR) is 121 cm³/mol. The number of para-hydroxylation sites is 2. The first kappa shape index (κ1) is 20.9. The van der Waals surface area contributed by atoms with Gasteiger partial charge in [-0.3, -0.25) is 9.10 Å². The minimum absolute atomic E-state index is 0.191. The summed E-state index contributed by atoms with van der Waals surface area (Å²) in [5.41, 5.74) is 2.28. The second-order valence-corrected chi connectivity index (χ2v) is 9.26. The Morgan fingerprint density at radius 1 is 0.968 bits per heavy atom. The summed E-state index contributed by atoms with van der Waals surface area (Å²) in [4.78, 5) is 12.6. The Labute approximate surface area is 182 Å². The van der Waals surface area contributed by atoms with E-state index in [1.54, 1.807) is 31.2 Å². The highest BCUT2D eigenvalue weighted by atomic mass is 32.2. The molecular weight excluding hydrogens is 412 g/mol. The van der Waals surface area contributed by atoms with Crippen LogP contribution in [0, 0.1) is 0 Å². The fourth-order valence-electron chi connectivity index (χ4n) is 3.59. The Kier molecular flexibility index (Phi) is 5.95. The molecule has 0 saturated carbocycles. The molecule has 4 rings (SSSR count). The molecular formula is C24H24N2O4S. The van der Waals surface area contributed by atoms with Gasteiger partial charge in [-0.15, -0.1) is 0 Å². The SMILES string of the molecule is CC(Oc1ccccc1)C(=O)Nc1ccc(S(=O)(=O)N2CCCc3ccccc32)cc1. The number of hydrogen-bond acceptors (Lipinski definition) is 4. The molecule has 3 aromatic rings. The summed E-state index contributed by atoms with van der Waals surface area (Å²) in [6, 6.07) is 22.9. The van der Waals surface area contributed by atoms with Crippen LogP contribution in [0.4, 0.5) is 11.4 Å². The number of rotatable bonds is 6. The fraction of sp³-hybridized carbons (Fsp3) is 0.208. The lowest BCUT2D eigenvalue weighted by molar-refractivity contribution is -0.122. The van der Waals surface area contributed by atoms with Crippen LogP contribution in [0.5, 0.6) is 5.75 Å². The molecule has 1 heterocycles. The van der Waals surface area contributed by atoms with E-state index in [0.29, 0.717) is 18.0 Å². The van der Waals surface area contributed by atoms with Crippen molar-refractivity contribution in [2.75, 3.05) is 16.2 Å². The van der Waals surface area contributed by atoms with Crippen LogP contribution in [-0.2, 0) is 21.2 Å². The topological polar surface area (TPSA) is 75.7 Å². The molecule has 160 valence electrons. The second kappa shape index (κ2) is 8.81. The molecule has 1 amide bonds. The first-order chi connectivity index (χ1) is 14.9. The van der Waals surface area contributed by atoms with Crippen LogP contribution < -0.4 is 14.4 Å². The number of anilines is 2. The van der Waals surface area contributed by atoms with Crippen LogP contribution in [0.3, 0.4) is 0 Å². The molecule has 1 atom stereocenters. The molecule has 6 nitrogen and oxygen atoms in total. The van der Waals surface area contributed by atoms with Gasteiger partial charge in [-0.1, -0.05) is 36.4 Å². The fourth-order valence-corrected chi connectivity index (χ4v) is 5.13. The summed E-state index contributed by atoms with van der Waals surface area (Å²) in [6.45, 7) is 2.11. The standard InChI is InChI=1S/C24H24N2O4S/c1-18(30-21-10-3-2-4-11-21)24(27)25-20-13-15-22(16-14-20)31(28,29)26-17-7-9-19-8-5-6-12-23(19)26/h2-6,8,10-16,18H,7,9,17H2,1H3,(H,25,27). The lowest BCUT2D eigenvalue weighted by atomic mass is 10.0. The molecule has 1 aliphatic heterocycles. The number of carbonyl (C=O) groups excluding carboxylic acids is 1. The van der Waals surface area contributed by atoms with Crippen LogP contribution in [0.2, 0.25) is 0 Å². The smallest absolute Gasteiger partial charge is 0.265 e. The van der Waals surface area contributed by atoms with Crippen molar-refractivity contribution in [3.05, 3.63) is 84.4 Å². The maximum absolute atomic E-state index is 13.2. The molecule has 0 saturated heterocycles. The van der Waals surface area contributed by atoms with Crippen LogP contribution in [0.25, 0.3) is 0 Å². The van der Waals surface area contributed by atoms with E-state index in [-0.39, 0.29) is 10.8 Å². The quantitative estimate of drug-likeness (QED) is 0.627. The van der Waals surface area contributed by atoms with E-state index in [4.69, 9.17) is 4.74 Å². The largest absolute Gasteiger partial charge is 0.481 e. The summed E-state index contributed by atoms with van der Waals surface area (Å²) < 4.78 is 33.5. The molecule has 0 radical (unpaired) electrons. The molecule has 1 unspecified atom stereocenters. The summed E-state index contributed by atoms with van der Waals surface area (Å²) in [7, 11) is -3.68. The highest BCUT2D eigenvalue weighted by molar-refractivity contribution is 7.92. The average Bonchev–Trinajstić information content (AvgIpc) is 2.79. The molecule has 7 heteroatoms. The highest BCUT2D eigenvalue weighted by Crippen LogP contribution is 2.32. The van der Waals surface area contributed by atoms with Gasteiger partial charge >= 0.3 is 0 Å². The summed E-state index contributed by atoms with van der Waals surface area (Å²) >= 11 is 0. The summed E-state index contributed by atoms with van der Waals surface area (Å²) in [5.74, 6) is 0.290. The van der Waals surface area contributed by atoms with Crippen molar-refractivity contribution in [2.24, 2.45) is 0 Å². The number of nitrogens with zero attached hydrogens (tertiary/aromatic N) is 1. The van der Waals surface area contributed by atoms with E-state index in [0.717, 1.165) is 24.1 Å². The molecule has 3 aromatic carbocycles. The number of hydrogen-bond donors (Lipinski definition) is 1. The van der Waals surface area contributed by atoms with Gasteiger partial charge in [-0.2, -0.15) is 0 Å². The number of carbonyl (C=O) groups is 1. The molecule has 0 aromatic heterocycles. The number of fused-ring (bicyclic) bond motifs is 1. The number of nitrogens with one attached hydrogen (secondary N) is 1. The Bertz CT molecular complexity index is 1160. The van der Waals surface area contributed by atoms with Crippen LogP contribution in [-0.4, -0.2) is 27.0 Å². The minimum Gasteiger partial charge on any atom is -0.481 e. The Hall–Kier alpha value is -3.32. The van der Waals surface area contributed by atoms with Crippen molar-refractivity contribution in [1.82, 2.24) is 0 Å². The van der Waals surface area contributed by atoms with Crippen molar-refractivity contribution in [1.29, 1.82) is 0 Å². The van der Waals surface area contributed by atoms with E-state index in [1.807, 2.05) is 42.5 Å². The predicted octanol–water partition coefficient (Wildman–Crippen LogP) is 4.23. The Morgan fingerprint density at radius 2 is 1.65 bits per heavy atom. The molecule has 0 bridgehead atoms. The molecule has 0 aliphatic carbocycles. The van der Waals surface area contributed by atoms with Crippen molar-refractivity contribution >= 4 is 27.3 Å². The van der Waals surface area contributed by atoms with Gasteiger partial charge in [0.25, 0.3) is 15.9 Å². The zero-order valence-electron chi connectivity index (χ0n) is 17.2.